The van der Waals surface area contributed by atoms with Crippen LogP contribution in [0.5, 0.6) is 23.0 Å². The number of piperidine rings is 1. The van der Waals surface area contributed by atoms with Gasteiger partial charge in [-0.2, -0.15) is 0 Å². The molecular weight excluding hydrogens is 398 g/mol. The summed E-state index contributed by atoms with van der Waals surface area (Å²) in [5, 5.41) is 13.8. The van der Waals surface area contributed by atoms with Gasteiger partial charge in [0.1, 0.15) is 11.5 Å². The maximum atomic E-state index is 12.9. The molecule has 0 aliphatic carbocycles. The number of hydrogen-bond donors (Lipinski definition) is 2. The van der Waals surface area contributed by atoms with Crippen LogP contribution in [-0.4, -0.2) is 38.1 Å². The van der Waals surface area contributed by atoms with Gasteiger partial charge in [0.2, 0.25) is 5.75 Å². The molecule has 2 atom stereocenters. The molecule has 162 valence electrons. The Morgan fingerprint density at radius 3 is 2.58 bits per heavy atom. The molecule has 2 aliphatic heterocycles. The molecule has 7 heteroatoms. The number of fused-ring (bicyclic) bond motifs is 4. The number of para-hydroxylation sites is 1. The van der Waals surface area contributed by atoms with Crippen molar-refractivity contribution in [2.45, 2.75) is 25.0 Å². The maximum Gasteiger partial charge on any atom is 0.254 e. The molecule has 1 fully saturated rings. The second-order valence-electron chi connectivity index (χ2n) is 7.64. The maximum absolute atomic E-state index is 12.9. The zero-order chi connectivity index (χ0) is 22.2. The minimum absolute atomic E-state index is 0.113. The number of aliphatic hydroxyl groups excluding tert-OH is 1. The second-order valence-corrected chi connectivity index (χ2v) is 7.64. The fourth-order valence-corrected chi connectivity index (χ4v) is 4.25. The second kappa shape index (κ2) is 7.91. The van der Waals surface area contributed by atoms with Gasteiger partial charge in [0.15, 0.2) is 17.2 Å². The van der Waals surface area contributed by atoms with E-state index in [2.05, 4.69) is 5.32 Å². The quantitative estimate of drug-likeness (QED) is 0.560. The minimum Gasteiger partial charge on any atom is -0.507 e. The van der Waals surface area contributed by atoms with E-state index in [9.17, 15) is 9.90 Å². The van der Waals surface area contributed by atoms with Gasteiger partial charge in [0.05, 0.1) is 26.9 Å². The number of amides is 1. The van der Waals surface area contributed by atoms with Crippen molar-refractivity contribution in [1.29, 1.82) is 0 Å². The molecule has 1 amide bonds. The van der Waals surface area contributed by atoms with E-state index >= 15 is 0 Å². The monoisotopic (exact) mass is 423 g/mol. The summed E-state index contributed by atoms with van der Waals surface area (Å²) in [5.74, 6) is 1.41. The van der Waals surface area contributed by atoms with Gasteiger partial charge in [-0.15, -0.1) is 0 Å². The predicted octanol–water partition coefficient (Wildman–Crippen LogP) is 3.95. The van der Waals surface area contributed by atoms with E-state index in [4.69, 9.17) is 18.9 Å². The van der Waals surface area contributed by atoms with E-state index in [-0.39, 0.29) is 17.6 Å². The smallest absolute Gasteiger partial charge is 0.254 e. The highest BCUT2D eigenvalue weighted by molar-refractivity contribution is 5.98. The van der Waals surface area contributed by atoms with Crippen molar-refractivity contribution in [3.05, 3.63) is 64.9 Å². The highest BCUT2D eigenvalue weighted by atomic mass is 16.5. The van der Waals surface area contributed by atoms with E-state index in [0.29, 0.717) is 40.6 Å². The molecule has 4 rings (SSSR count). The number of rotatable bonds is 5. The van der Waals surface area contributed by atoms with E-state index in [0.717, 1.165) is 5.56 Å². The third kappa shape index (κ3) is 3.56. The van der Waals surface area contributed by atoms with Crippen molar-refractivity contribution < 1.29 is 28.8 Å². The first-order valence-electron chi connectivity index (χ1n) is 9.91. The molecule has 2 aliphatic rings. The van der Waals surface area contributed by atoms with Crippen LogP contribution < -0.4 is 24.3 Å². The van der Waals surface area contributed by atoms with Crippen LogP contribution in [0.3, 0.4) is 0 Å². The summed E-state index contributed by atoms with van der Waals surface area (Å²) in [6.07, 6.45) is 3.71. The molecule has 2 N–H and O–H groups in total. The van der Waals surface area contributed by atoms with Gasteiger partial charge in [-0.1, -0.05) is 18.2 Å². The van der Waals surface area contributed by atoms with Gasteiger partial charge in [0, 0.05) is 23.5 Å². The SMILES string of the molecule is COc1ccc(C=CC(O)=C2C(=O)NC3(C)CC2c2ccccc2O3)c(OC)c1OC. The molecule has 1 saturated heterocycles. The van der Waals surface area contributed by atoms with Crippen LogP contribution in [0.1, 0.15) is 30.4 Å². The standard InChI is InChI=1S/C24H25NO6/c1-24-13-16(15-7-5-6-8-18(15)31-24)20(23(27)25-24)17(26)11-9-14-10-12-19(28-2)22(30-4)21(14)29-3/h5-12,16,26H,13H2,1-4H3,(H,25,27). The first-order valence-corrected chi connectivity index (χ1v) is 9.91. The molecule has 31 heavy (non-hydrogen) atoms. The largest absolute Gasteiger partial charge is 0.507 e. The number of allylic oxidation sites excluding steroid dienone is 1. The van der Waals surface area contributed by atoms with Crippen molar-refractivity contribution in [3.8, 4) is 23.0 Å². The lowest BCUT2D eigenvalue weighted by atomic mass is 9.78. The first-order chi connectivity index (χ1) is 14.9. The summed E-state index contributed by atoms with van der Waals surface area (Å²) in [5.41, 5.74) is 1.05. The number of carbonyl (C=O) groups excluding carboxylic acids is 1. The molecule has 2 unspecified atom stereocenters. The molecule has 2 aromatic carbocycles. The van der Waals surface area contributed by atoms with Crippen LogP contribution in [0.2, 0.25) is 0 Å². The highest BCUT2D eigenvalue weighted by Gasteiger charge is 2.47. The van der Waals surface area contributed by atoms with Crippen LogP contribution in [0.25, 0.3) is 6.08 Å². The fraction of sp³-hybridized carbons (Fsp3) is 0.292. The highest BCUT2D eigenvalue weighted by Crippen LogP contribution is 2.47. The Labute approximate surface area is 180 Å². The molecule has 2 bridgehead atoms. The van der Waals surface area contributed by atoms with Crippen LogP contribution in [0, 0.1) is 0 Å². The van der Waals surface area contributed by atoms with Gasteiger partial charge >= 0.3 is 0 Å². The van der Waals surface area contributed by atoms with E-state index < -0.39 is 5.72 Å². The van der Waals surface area contributed by atoms with Gasteiger partial charge in [-0.05, 0) is 37.3 Å². The summed E-state index contributed by atoms with van der Waals surface area (Å²) >= 11 is 0. The van der Waals surface area contributed by atoms with Gasteiger partial charge in [0.25, 0.3) is 5.91 Å². The third-order valence-corrected chi connectivity index (χ3v) is 5.63. The summed E-state index contributed by atoms with van der Waals surface area (Å²) < 4.78 is 22.2. The van der Waals surface area contributed by atoms with E-state index in [1.165, 1.54) is 20.3 Å². The van der Waals surface area contributed by atoms with Crippen LogP contribution in [0.4, 0.5) is 0 Å². The Balaban J connectivity index is 1.76. The zero-order valence-corrected chi connectivity index (χ0v) is 17.9. The van der Waals surface area contributed by atoms with Crippen molar-refractivity contribution in [2.24, 2.45) is 0 Å². The van der Waals surface area contributed by atoms with E-state index in [1.807, 2.05) is 31.2 Å². The molecule has 2 heterocycles. The van der Waals surface area contributed by atoms with Gasteiger partial charge in [-0.25, -0.2) is 0 Å². The Morgan fingerprint density at radius 1 is 1.13 bits per heavy atom. The van der Waals surface area contributed by atoms with Crippen molar-refractivity contribution in [3.63, 3.8) is 0 Å². The Morgan fingerprint density at radius 2 is 1.87 bits per heavy atom. The Kier molecular flexibility index (Phi) is 5.27. The van der Waals surface area contributed by atoms with E-state index in [1.54, 1.807) is 25.3 Å². The van der Waals surface area contributed by atoms with Crippen molar-refractivity contribution >= 4 is 12.0 Å². The van der Waals surface area contributed by atoms with Crippen LogP contribution >= 0.6 is 0 Å². The predicted molar refractivity (Wildman–Crippen MR) is 116 cm³/mol. The average Bonchev–Trinajstić information content (AvgIpc) is 2.75. The lowest BCUT2D eigenvalue weighted by Crippen LogP contribution is -2.58. The van der Waals surface area contributed by atoms with Gasteiger partial charge < -0.3 is 29.4 Å². The number of nitrogens with one attached hydrogen (secondary N) is 1. The number of methoxy groups -OCH3 is 3. The van der Waals surface area contributed by atoms with Crippen LogP contribution in [-0.2, 0) is 4.79 Å². The normalized spacial score (nSPS) is 23.5. The number of carbonyl (C=O) groups is 1. The molecule has 7 nitrogen and oxygen atoms in total. The molecule has 0 radical (unpaired) electrons. The summed E-state index contributed by atoms with van der Waals surface area (Å²) in [7, 11) is 4.60. The fourth-order valence-electron chi connectivity index (χ4n) is 4.25. The summed E-state index contributed by atoms with van der Waals surface area (Å²) in [4.78, 5) is 12.9. The Hall–Kier alpha value is -3.61. The molecule has 0 aromatic heterocycles. The Bertz CT molecular complexity index is 1090. The number of benzene rings is 2. The summed E-state index contributed by atoms with van der Waals surface area (Å²) in [6.45, 7) is 1.84. The minimum atomic E-state index is -0.809. The van der Waals surface area contributed by atoms with Crippen LogP contribution in [0.15, 0.2) is 53.8 Å². The summed E-state index contributed by atoms with van der Waals surface area (Å²) in [6, 6.07) is 11.1. The molecule has 2 aromatic rings. The topological polar surface area (TPSA) is 86.3 Å². The molecule has 0 spiro atoms. The third-order valence-electron chi connectivity index (χ3n) is 5.63. The van der Waals surface area contributed by atoms with Crippen molar-refractivity contribution in [2.75, 3.05) is 21.3 Å². The number of aliphatic hydroxyl groups is 1. The number of hydrogen-bond acceptors (Lipinski definition) is 6. The zero-order valence-electron chi connectivity index (χ0n) is 17.9. The lowest BCUT2D eigenvalue weighted by Gasteiger charge is -2.45. The number of ether oxygens (including phenoxy) is 4. The molecular formula is C24H25NO6. The average molecular weight is 423 g/mol. The first kappa shape index (κ1) is 20.7. The molecule has 0 saturated carbocycles. The van der Waals surface area contributed by atoms with Gasteiger partial charge in [-0.3, -0.25) is 4.79 Å². The lowest BCUT2D eigenvalue weighted by molar-refractivity contribution is -0.127. The van der Waals surface area contributed by atoms with Crippen molar-refractivity contribution in [1.82, 2.24) is 5.32 Å².